The van der Waals surface area contributed by atoms with Crippen molar-refractivity contribution in [3.63, 3.8) is 0 Å². The maximum Gasteiger partial charge on any atom is 0.359 e. The van der Waals surface area contributed by atoms with E-state index in [0.29, 0.717) is 0 Å². The summed E-state index contributed by atoms with van der Waals surface area (Å²) in [6, 6.07) is 9.00. The van der Waals surface area contributed by atoms with Gasteiger partial charge in [-0.05, 0) is 12.5 Å². The molecule has 0 saturated heterocycles. The van der Waals surface area contributed by atoms with E-state index in [-0.39, 0.29) is 6.61 Å². The van der Waals surface area contributed by atoms with Crippen LogP contribution in [0.1, 0.15) is 12.5 Å². The largest absolute Gasteiger partial charge is 0.457 e. The number of hydrogen-bond donors (Lipinski definition) is 2. The van der Waals surface area contributed by atoms with Gasteiger partial charge in [0.1, 0.15) is 6.61 Å². The first-order valence-corrected chi connectivity index (χ1v) is 4.64. The van der Waals surface area contributed by atoms with Gasteiger partial charge in [0.2, 0.25) is 5.72 Å². The predicted octanol–water partition coefficient (Wildman–Crippen LogP) is 0.0951. The van der Waals surface area contributed by atoms with E-state index in [0.717, 1.165) is 12.5 Å². The van der Waals surface area contributed by atoms with Crippen molar-refractivity contribution in [3.05, 3.63) is 35.9 Å². The van der Waals surface area contributed by atoms with Crippen molar-refractivity contribution in [2.75, 3.05) is 0 Å². The first kappa shape index (κ1) is 12.2. The molecule has 5 nitrogen and oxygen atoms in total. The lowest BCUT2D eigenvalue weighted by Crippen LogP contribution is -2.49. The van der Waals surface area contributed by atoms with Crippen LogP contribution >= 0.6 is 0 Å². The normalized spacial score (nSPS) is 13.6. The minimum absolute atomic E-state index is 0.0381. The van der Waals surface area contributed by atoms with Crippen molar-refractivity contribution in [2.45, 2.75) is 19.3 Å². The standard InChI is InChI=1S/C11H12NO4/c1-11(15,12-8-13)10(14)16-7-9-5-3-2-4-6-9/h2-6,15H,7H2,1H3,(H,12,13). The van der Waals surface area contributed by atoms with Crippen LogP contribution in [0.5, 0.6) is 0 Å². The first-order chi connectivity index (χ1) is 7.56. The summed E-state index contributed by atoms with van der Waals surface area (Å²) in [5, 5.41) is 11.2. The van der Waals surface area contributed by atoms with Gasteiger partial charge in [0, 0.05) is 0 Å². The summed E-state index contributed by atoms with van der Waals surface area (Å²) in [7, 11) is 0. The van der Waals surface area contributed by atoms with E-state index >= 15 is 0 Å². The van der Waals surface area contributed by atoms with E-state index in [4.69, 9.17) is 4.74 Å². The molecule has 1 unspecified atom stereocenters. The summed E-state index contributed by atoms with van der Waals surface area (Å²) in [6.07, 6.45) is 1.24. The number of nitrogens with one attached hydrogen (secondary N) is 1. The molecule has 1 radical (unpaired) electrons. The van der Waals surface area contributed by atoms with E-state index in [9.17, 15) is 14.7 Å². The van der Waals surface area contributed by atoms with Gasteiger partial charge in [-0.15, -0.1) is 0 Å². The lowest BCUT2D eigenvalue weighted by Gasteiger charge is -2.19. The molecule has 1 rings (SSSR count). The maximum atomic E-state index is 11.3. The monoisotopic (exact) mass is 222 g/mol. The fourth-order valence-corrected chi connectivity index (χ4v) is 1.01. The van der Waals surface area contributed by atoms with Gasteiger partial charge in [-0.2, -0.15) is 0 Å². The number of carbonyl (C=O) groups excluding carboxylic acids is 2. The number of ether oxygens (including phenoxy) is 1. The van der Waals surface area contributed by atoms with Crippen LogP contribution in [0, 0.1) is 0 Å². The predicted molar refractivity (Wildman–Crippen MR) is 55.7 cm³/mol. The summed E-state index contributed by atoms with van der Waals surface area (Å²) in [5.41, 5.74) is -1.25. The second-order valence-electron chi connectivity index (χ2n) is 3.36. The fraction of sp³-hybridized carbons (Fsp3) is 0.273. The van der Waals surface area contributed by atoms with E-state index in [1.807, 2.05) is 11.4 Å². The van der Waals surface area contributed by atoms with Crippen molar-refractivity contribution in [1.29, 1.82) is 0 Å². The fourth-order valence-electron chi connectivity index (χ4n) is 1.01. The van der Waals surface area contributed by atoms with Gasteiger partial charge in [-0.25, -0.2) is 4.79 Å². The van der Waals surface area contributed by atoms with Crippen molar-refractivity contribution in [2.24, 2.45) is 0 Å². The molecule has 0 aliphatic heterocycles. The third-order valence-corrected chi connectivity index (χ3v) is 1.90. The highest BCUT2D eigenvalue weighted by molar-refractivity contribution is 5.80. The van der Waals surface area contributed by atoms with Crippen LogP contribution in [0.15, 0.2) is 30.3 Å². The minimum atomic E-state index is -2.05. The van der Waals surface area contributed by atoms with Crippen LogP contribution in [0.2, 0.25) is 0 Å². The zero-order valence-electron chi connectivity index (χ0n) is 8.77. The molecule has 16 heavy (non-hydrogen) atoms. The number of esters is 1. The summed E-state index contributed by atoms with van der Waals surface area (Å²) < 4.78 is 4.82. The number of aliphatic hydroxyl groups is 1. The highest BCUT2D eigenvalue weighted by Gasteiger charge is 2.31. The van der Waals surface area contributed by atoms with Crippen molar-refractivity contribution >= 4 is 12.4 Å². The number of hydrogen-bond acceptors (Lipinski definition) is 4. The zero-order valence-corrected chi connectivity index (χ0v) is 8.77. The average Bonchev–Trinajstić information content (AvgIpc) is 2.27. The molecule has 1 amide bonds. The molecular formula is C11H12NO4. The third kappa shape index (κ3) is 3.36. The van der Waals surface area contributed by atoms with Gasteiger partial charge in [0.15, 0.2) is 0 Å². The highest BCUT2D eigenvalue weighted by Crippen LogP contribution is 2.05. The van der Waals surface area contributed by atoms with Crippen LogP contribution in [0.4, 0.5) is 0 Å². The molecule has 1 aromatic rings. The Morgan fingerprint density at radius 1 is 1.50 bits per heavy atom. The highest BCUT2D eigenvalue weighted by atomic mass is 16.6. The van der Waals surface area contributed by atoms with Gasteiger partial charge in [0.25, 0.3) is 0 Å². The molecule has 5 heteroatoms. The molecule has 0 saturated carbocycles. The molecule has 0 bridgehead atoms. The first-order valence-electron chi connectivity index (χ1n) is 4.64. The smallest absolute Gasteiger partial charge is 0.359 e. The summed E-state index contributed by atoms with van der Waals surface area (Å²) in [4.78, 5) is 21.3. The van der Waals surface area contributed by atoms with Crippen molar-refractivity contribution in [3.8, 4) is 0 Å². The quantitative estimate of drug-likeness (QED) is 0.421. The number of benzene rings is 1. The Morgan fingerprint density at radius 2 is 2.12 bits per heavy atom. The third-order valence-electron chi connectivity index (χ3n) is 1.90. The Hall–Kier alpha value is -1.88. The Kier molecular flexibility index (Phi) is 4.02. The molecule has 0 spiro atoms. The molecule has 1 aromatic carbocycles. The molecule has 0 fully saturated rings. The van der Waals surface area contributed by atoms with Crippen LogP contribution in [-0.4, -0.2) is 23.2 Å². The average molecular weight is 222 g/mol. The molecular weight excluding hydrogens is 210 g/mol. The Morgan fingerprint density at radius 3 is 2.69 bits per heavy atom. The molecule has 1 atom stereocenters. The minimum Gasteiger partial charge on any atom is -0.457 e. The van der Waals surface area contributed by atoms with Crippen molar-refractivity contribution in [1.82, 2.24) is 5.32 Å². The summed E-state index contributed by atoms with van der Waals surface area (Å²) >= 11 is 0. The number of rotatable bonds is 5. The molecule has 0 aliphatic carbocycles. The maximum absolute atomic E-state index is 11.3. The van der Waals surface area contributed by atoms with Crippen LogP contribution < -0.4 is 5.32 Å². The number of carbonyl (C=O) groups is 1. The van der Waals surface area contributed by atoms with Gasteiger partial charge >= 0.3 is 12.4 Å². The van der Waals surface area contributed by atoms with Gasteiger partial charge < -0.3 is 15.2 Å². The summed E-state index contributed by atoms with van der Waals surface area (Å²) in [5.74, 6) is -0.931. The second-order valence-corrected chi connectivity index (χ2v) is 3.36. The molecule has 0 aromatic heterocycles. The molecule has 0 aliphatic rings. The molecule has 2 N–H and O–H groups in total. The van der Waals surface area contributed by atoms with Crippen LogP contribution in [0.3, 0.4) is 0 Å². The van der Waals surface area contributed by atoms with E-state index in [2.05, 4.69) is 0 Å². The van der Waals surface area contributed by atoms with Gasteiger partial charge in [0.05, 0.1) is 0 Å². The topological polar surface area (TPSA) is 75.6 Å². The molecule has 0 heterocycles. The Labute approximate surface area is 93.0 Å². The Balaban J connectivity index is 2.50. The lowest BCUT2D eigenvalue weighted by molar-refractivity contribution is -0.166. The Bertz CT molecular complexity index is 362. The van der Waals surface area contributed by atoms with E-state index in [1.165, 1.54) is 6.41 Å². The van der Waals surface area contributed by atoms with Crippen molar-refractivity contribution < 1.29 is 19.4 Å². The number of amides is 1. The molecule has 85 valence electrons. The zero-order chi connectivity index (χ0) is 12.0. The van der Waals surface area contributed by atoms with Gasteiger partial charge in [-0.1, -0.05) is 30.3 Å². The lowest BCUT2D eigenvalue weighted by atomic mass is 10.2. The SMILES string of the molecule is CC(O)(N[C]=O)C(=O)OCc1ccccc1. The van der Waals surface area contributed by atoms with E-state index in [1.54, 1.807) is 24.3 Å². The van der Waals surface area contributed by atoms with E-state index < -0.39 is 11.7 Å². The second kappa shape index (κ2) is 5.27. The van der Waals surface area contributed by atoms with Crippen LogP contribution in [-0.2, 0) is 20.9 Å². The van der Waals surface area contributed by atoms with Crippen LogP contribution in [0.25, 0.3) is 0 Å². The van der Waals surface area contributed by atoms with Gasteiger partial charge in [-0.3, -0.25) is 4.79 Å². The summed E-state index contributed by atoms with van der Waals surface area (Å²) in [6.45, 7) is 1.15.